The van der Waals surface area contributed by atoms with Gasteiger partial charge in [0.05, 0.1) is 0 Å². The van der Waals surface area contributed by atoms with Gasteiger partial charge in [0.15, 0.2) is 0 Å². The summed E-state index contributed by atoms with van der Waals surface area (Å²) in [5.74, 6) is 0.689. The average molecular weight is 262 g/mol. The summed E-state index contributed by atoms with van der Waals surface area (Å²) in [6, 6.07) is 8.53. The molecule has 0 spiro atoms. The minimum Gasteiger partial charge on any atom is -0.356 e. The van der Waals surface area contributed by atoms with E-state index in [1.54, 1.807) is 0 Å². The number of carbonyl (C=O) groups excluding carboxylic acids is 1. The van der Waals surface area contributed by atoms with Gasteiger partial charge in [-0.3, -0.25) is 4.79 Å². The fraction of sp³-hybridized carbons (Fsp3) is 0.562. The highest BCUT2D eigenvalue weighted by Crippen LogP contribution is 2.19. The van der Waals surface area contributed by atoms with Crippen LogP contribution in [0.5, 0.6) is 0 Å². The molecule has 0 aliphatic rings. The van der Waals surface area contributed by atoms with E-state index in [4.69, 9.17) is 5.73 Å². The Kier molecular flexibility index (Phi) is 6.57. The van der Waals surface area contributed by atoms with Crippen LogP contribution in [0, 0.1) is 5.92 Å². The van der Waals surface area contributed by atoms with E-state index >= 15 is 0 Å². The molecule has 106 valence electrons. The maximum absolute atomic E-state index is 11.8. The molecule has 0 heterocycles. The van der Waals surface area contributed by atoms with Crippen LogP contribution in [0.15, 0.2) is 24.3 Å². The molecule has 0 fully saturated rings. The quantitative estimate of drug-likeness (QED) is 0.793. The first kappa shape index (κ1) is 15.7. The first-order valence-corrected chi connectivity index (χ1v) is 7.12. The van der Waals surface area contributed by atoms with Crippen LogP contribution in [0.4, 0.5) is 0 Å². The van der Waals surface area contributed by atoms with Crippen LogP contribution >= 0.6 is 0 Å². The number of carbonyl (C=O) groups is 1. The summed E-state index contributed by atoms with van der Waals surface area (Å²) < 4.78 is 0. The maximum atomic E-state index is 11.8. The van der Waals surface area contributed by atoms with Crippen molar-refractivity contribution in [2.24, 2.45) is 11.7 Å². The van der Waals surface area contributed by atoms with Gasteiger partial charge in [0.1, 0.15) is 0 Å². The standard InChI is InChI=1S/C16H26N2O/c1-4-14-5-7-15(8-6-14)13(3)9-16(19)18-11-12(2)10-17/h5-8,12-13H,4,9-11,17H2,1-3H3,(H,18,19). The Morgan fingerprint density at radius 1 is 1.26 bits per heavy atom. The number of nitrogens with one attached hydrogen (secondary N) is 1. The minimum atomic E-state index is 0.104. The monoisotopic (exact) mass is 262 g/mol. The lowest BCUT2D eigenvalue weighted by molar-refractivity contribution is -0.121. The van der Waals surface area contributed by atoms with Gasteiger partial charge >= 0.3 is 0 Å². The van der Waals surface area contributed by atoms with Crippen LogP contribution < -0.4 is 11.1 Å². The van der Waals surface area contributed by atoms with Crippen LogP contribution in [-0.4, -0.2) is 19.0 Å². The summed E-state index contributed by atoms with van der Waals surface area (Å²) in [6.07, 6.45) is 1.58. The van der Waals surface area contributed by atoms with Crippen LogP contribution in [0.2, 0.25) is 0 Å². The van der Waals surface area contributed by atoms with E-state index < -0.39 is 0 Å². The number of amides is 1. The molecule has 0 radical (unpaired) electrons. The molecule has 2 atom stereocenters. The van der Waals surface area contributed by atoms with Crippen LogP contribution in [0.25, 0.3) is 0 Å². The molecule has 0 bridgehead atoms. The molecule has 1 aromatic carbocycles. The predicted molar refractivity (Wildman–Crippen MR) is 80.1 cm³/mol. The molecule has 19 heavy (non-hydrogen) atoms. The lowest BCUT2D eigenvalue weighted by atomic mass is 9.96. The van der Waals surface area contributed by atoms with Gasteiger partial charge in [-0.1, -0.05) is 45.0 Å². The Balaban J connectivity index is 2.44. The zero-order valence-electron chi connectivity index (χ0n) is 12.3. The predicted octanol–water partition coefficient (Wildman–Crippen LogP) is 2.45. The molecular formula is C16H26N2O. The normalized spacial score (nSPS) is 13.9. The van der Waals surface area contributed by atoms with E-state index in [-0.39, 0.29) is 11.8 Å². The molecule has 0 saturated heterocycles. The number of hydrogen-bond acceptors (Lipinski definition) is 2. The second-order valence-corrected chi connectivity index (χ2v) is 5.35. The van der Waals surface area contributed by atoms with Gasteiger partial charge in [0.25, 0.3) is 0 Å². The molecular weight excluding hydrogens is 236 g/mol. The Morgan fingerprint density at radius 2 is 1.89 bits per heavy atom. The molecule has 3 heteroatoms. The van der Waals surface area contributed by atoms with Crippen molar-refractivity contribution in [2.75, 3.05) is 13.1 Å². The molecule has 1 rings (SSSR count). The van der Waals surface area contributed by atoms with E-state index in [2.05, 4.69) is 43.4 Å². The average Bonchev–Trinajstić information content (AvgIpc) is 2.44. The summed E-state index contributed by atoms with van der Waals surface area (Å²) in [5, 5.41) is 2.94. The second kappa shape index (κ2) is 7.95. The van der Waals surface area contributed by atoms with E-state index in [0.717, 1.165) is 6.42 Å². The van der Waals surface area contributed by atoms with Crippen LogP contribution in [0.3, 0.4) is 0 Å². The second-order valence-electron chi connectivity index (χ2n) is 5.35. The smallest absolute Gasteiger partial charge is 0.220 e. The topological polar surface area (TPSA) is 55.1 Å². The molecule has 1 aromatic rings. The molecule has 2 unspecified atom stereocenters. The van der Waals surface area contributed by atoms with Crippen molar-refractivity contribution in [2.45, 2.75) is 39.5 Å². The minimum absolute atomic E-state index is 0.104. The zero-order chi connectivity index (χ0) is 14.3. The molecule has 0 aromatic heterocycles. The van der Waals surface area contributed by atoms with Crippen molar-refractivity contribution in [3.05, 3.63) is 35.4 Å². The summed E-state index contributed by atoms with van der Waals surface area (Å²) in [6.45, 7) is 7.54. The number of rotatable bonds is 7. The van der Waals surface area contributed by atoms with Crippen molar-refractivity contribution < 1.29 is 4.79 Å². The summed E-state index contributed by atoms with van der Waals surface area (Å²) in [4.78, 5) is 11.8. The first-order valence-electron chi connectivity index (χ1n) is 7.12. The lowest BCUT2D eigenvalue weighted by Crippen LogP contribution is -2.31. The Morgan fingerprint density at radius 3 is 2.42 bits per heavy atom. The Bertz CT molecular complexity index is 386. The van der Waals surface area contributed by atoms with E-state index in [1.165, 1.54) is 11.1 Å². The highest BCUT2D eigenvalue weighted by atomic mass is 16.1. The van der Waals surface area contributed by atoms with E-state index in [0.29, 0.717) is 25.4 Å². The SMILES string of the molecule is CCc1ccc(C(C)CC(=O)NCC(C)CN)cc1. The van der Waals surface area contributed by atoms with Gasteiger partial charge in [0, 0.05) is 13.0 Å². The van der Waals surface area contributed by atoms with Gasteiger partial charge in [-0.15, -0.1) is 0 Å². The molecule has 0 aliphatic carbocycles. The van der Waals surface area contributed by atoms with Gasteiger partial charge in [-0.05, 0) is 35.9 Å². The zero-order valence-corrected chi connectivity index (χ0v) is 12.3. The first-order chi connectivity index (χ1) is 9.06. The molecule has 0 saturated carbocycles. The van der Waals surface area contributed by atoms with Crippen molar-refractivity contribution in [1.82, 2.24) is 5.32 Å². The molecule has 0 aliphatic heterocycles. The highest BCUT2D eigenvalue weighted by molar-refractivity contribution is 5.76. The van der Waals surface area contributed by atoms with Gasteiger partial charge in [-0.25, -0.2) is 0 Å². The Labute approximate surface area is 116 Å². The highest BCUT2D eigenvalue weighted by Gasteiger charge is 2.11. The molecule has 1 amide bonds. The number of nitrogens with two attached hydrogens (primary N) is 1. The van der Waals surface area contributed by atoms with Crippen LogP contribution in [0.1, 0.15) is 44.2 Å². The van der Waals surface area contributed by atoms with Crippen LogP contribution in [-0.2, 0) is 11.2 Å². The fourth-order valence-electron chi connectivity index (χ4n) is 1.92. The number of benzene rings is 1. The summed E-state index contributed by atoms with van der Waals surface area (Å²) in [5.41, 5.74) is 8.08. The third-order valence-electron chi connectivity index (χ3n) is 3.50. The van der Waals surface area contributed by atoms with E-state index in [1.807, 2.05) is 6.92 Å². The van der Waals surface area contributed by atoms with Gasteiger partial charge in [-0.2, -0.15) is 0 Å². The number of hydrogen-bond donors (Lipinski definition) is 2. The van der Waals surface area contributed by atoms with Crippen molar-refractivity contribution in [3.8, 4) is 0 Å². The summed E-state index contributed by atoms with van der Waals surface area (Å²) >= 11 is 0. The third-order valence-corrected chi connectivity index (χ3v) is 3.50. The number of aryl methyl sites for hydroxylation is 1. The third kappa shape index (κ3) is 5.43. The Hall–Kier alpha value is -1.35. The fourth-order valence-corrected chi connectivity index (χ4v) is 1.92. The molecule has 3 N–H and O–H groups in total. The summed E-state index contributed by atoms with van der Waals surface area (Å²) in [7, 11) is 0. The van der Waals surface area contributed by atoms with Crippen molar-refractivity contribution in [1.29, 1.82) is 0 Å². The largest absolute Gasteiger partial charge is 0.356 e. The van der Waals surface area contributed by atoms with Crippen molar-refractivity contribution in [3.63, 3.8) is 0 Å². The van der Waals surface area contributed by atoms with E-state index in [9.17, 15) is 4.79 Å². The van der Waals surface area contributed by atoms with Gasteiger partial charge in [0.2, 0.25) is 5.91 Å². The van der Waals surface area contributed by atoms with Crippen molar-refractivity contribution >= 4 is 5.91 Å². The maximum Gasteiger partial charge on any atom is 0.220 e. The molecule has 3 nitrogen and oxygen atoms in total. The lowest BCUT2D eigenvalue weighted by Gasteiger charge is -2.14. The van der Waals surface area contributed by atoms with Gasteiger partial charge < -0.3 is 11.1 Å².